The van der Waals surface area contributed by atoms with Crippen molar-refractivity contribution in [3.05, 3.63) is 28.8 Å². The molecule has 0 aliphatic rings. The Morgan fingerprint density at radius 1 is 1.22 bits per heavy atom. The van der Waals surface area contributed by atoms with E-state index in [2.05, 4.69) is 35.8 Å². The van der Waals surface area contributed by atoms with Crippen molar-refractivity contribution in [3.63, 3.8) is 0 Å². The van der Waals surface area contributed by atoms with E-state index in [9.17, 15) is 0 Å². The number of hydrogen-bond donors (Lipinski definition) is 0. The highest BCUT2D eigenvalue weighted by Crippen LogP contribution is 2.28. The van der Waals surface area contributed by atoms with Crippen molar-refractivity contribution in [3.8, 4) is 11.4 Å². The molecule has 2 heterocycles. The van der Waals surface area contributed by atoms with Gasteiger partial charge in [0.1, 0.15) is 11.0 Å². The van der Waals surface area contributed by atoms with Crippen molar-refractivity contribution in [2.24, 2.45) is 7.05 Å². The van der Waals surface area contributed by atoms with E-state index in [-0.39, 0.29) is 5.41 Å². The van der Waals surface area contributed by atoms with Crippen LogP contribution in [0.25, 0.3) is 11.4 Å². The van der Waals surface area contributed by atoms with E-state index in [1.165, 1.54) is 0 Å². The molecule has 0 amide bonds. The van der Waals surface area contributed by atoms with Gasteiger partial charge < -0.3 is 0 Å². The second-order valence-corrected chi connectivity index (χ2v) is 5.76. The molecule has 96 valence electrons. The summed E-state index contributed by atoms with van der Waals surface area (Å²) in [5.74, 6) is 0.745. The predicted molar refractivity (Wildman–Crippen MR) is 72.7 cm³/mol. The van der Waals surface area contributed by atoms with Crippen molar-refractivity contribution in [2.45, 2.75) is 33.1 Å². The average Bonchev–Trinajstić information content (AvgIpc) is 2.67. The third-order valence-corrected chi connectivity index (χ3v) is 3.19. The van der Waals surface area contributed by atoms with Crippen molar-refractivity contribution in [1.82, 2.24) is 19.7 Å². The Morgan fingerprint density at radius 3 is 2.39 bits per heavy atom. The minimum absolute atomic E-state index is 0.134. The lowest BCUT2D eigenvalue weighted by Crippen LogP contribution is -2.17. The highest BCUT2D eigenvalue weighted by atomic mass is 35.5. The molecule has 0 fully saturated rings. The van der Waals surface area contributed by atoms with Gasteiger partial charge in [0, 0.05) is 24.2 Å². The van der Waals surface area contributed by atoms with Gasteiger partial charge in [0.05, 0.1) is 11.4 Å². The highest BCUT2D eigenvalue weighted by molar-refractivity contribution is 6.30. The van der Waals surface area contributed by atoms with Gasteiger partial charge in [0.25, 0.3) is 0 Å². The Kier molecular flexibility index (Phi) is 3.15. The van der Waals surface area contributed by atoms with Crippen molar-refractivity contribution in [1.29, 1.82) is 0 Å². The van der Waals surface area contributed by atoms with Crippen LogP contribution in [0.5, 0.6) is 0 Å². The molecule has 0 aliphatic heterocycles. The molecule has 0 unspecified atom stereocenters. The molecule has 5 heteroatoms. The van der Waals surface area contributed by atoms with Crippen molar-refractivity contribution < 1.29 is 0 Å². The summed E-state index contributed by atoms with van der Waals surface area (Å²) in [6.07, 6.45) is 1.75. The van der Waals surface area contributed by atoms with Crippen molar-refractivity contribution >= 4 is 11.6 Å². The highest BCUT2D eigenvalue weighted by Gasteiger charge is 2.21. The Bertz CT molecular complexity index is 581. The van der Waals surface area contributed by atoms with Gasteiger partial charge in [-0.3, -0.25) is 4.68 Å². The maximum atomic E-state index is 6.21. The zero-order valence-corrected chi connectivity index (χ0v) is 12.1. The molecule has 0 aromatic carbocycles. The molecule has 0 atom stereocenters. The van der Waals surface area contributed by atoms with Crippen LogP contribution in [0.15, 0.2) is 12.3 Å². The summed E-state index contributed by atoms with van der Waals surface area (Å²) in [5.41, 5.74) is 2.54. The lowest BCUT2D eigenvalue weighted by Gasteiger charge is -2.19. The van der Waals surface area contributed by atoms with Gasteiger partial charge in [-0.15, -0.1) is 0 Å². The fraction of sp³-hybridized carbons (Fsp3) is 0.462. The van der Waals surface area contributed by atoms with Gasteiger partial charge in [-0.05, 0) is 13.0 Å². The fourth-order valence-electron chi connectivity index (χ4n) is 1.68. The van der Waals surface area contributed by atoms with Crippen LogP contribution < -0.4 is 0 Å². The molecule has 0 aliphatic carbocycles. The largest absolute Gasteiger partial charge is 0.266 e. The first-order valence-electron chi connectivity index (χ1n) is 5.83. The van der Waals surface area contributed by atoms with Crippen LogP contribution in [-0.2, 0) is 12.5 Å². The van der Waals surface area contributed by atoms with E-state index in [0.29, 0.717) is 5.15 Å². The van der Waals surface area contributed by atoms with Crippen LogP contribution in [0.4, 0.5) is 0 Å². The monoisotopic (exact) mass is 264 g/mol. The smallest absolute Gasteiger partial charge is 0.136 e. The number of rotatable bonds is 1. The van der Waals surface area contributed by atoms with Crippen LogP contribution in [0.1, 0.15) is 32.2 Å². The summed E-state index contributed by atoms with van der Waals surface area (Å²) < 4.78 is 1.79. The minimum atomic E-state index is -0.134. The number of halogens is 1. The quantitative estimate of drug-likeness (QED) is 0.743. The van der Waals surface area contributed by atoms with Gasteiger partial charge >= 0.3 is 0 Å². The lowest BCUT2D eigenvalue weighted by atomic mass is 9.95. The lowest BCUT2D eigenvalue weighted by molar-refractivity contribution is 0.545. The molecule has 2 aromatic rings. The maximum Gasteiger partial charge on any atom is 0.136 e. The Morgan fingerprint density at radius 2 is 1.89 bits per heavy atom. The van der Waals surface area contributed by atoms with Gasteiger partial charge in [-0.1, -0.05) is 32.4 Å². The predicted octanol–water partition coefficient (Wildman–Crippen LogP) is 3.14. The van der Waals surface area contributed by atoms with E-state index in [4.69, 9.17) is 11.6 Å². The first-order chi connectivity index (χ1) is 8.30. The molecule has 0 saturated carbocycles. The summed E-state index contributed by atoms with van der Waals surface area (Å²) in [4.78, 5) is 9.02. The van der Waals surface area contributed by atoms with E-state index in [0.717, 1.165) is 22.8 Å². The summed E-state index contributed by atoms with van der Waals surface area (Å²) in [5, 5.41) is 4.67. The van der Waals surface area contributed by atoms with Gasteiger partial charge in [-0.25, -0.2) is 9.97 Å². The molecule has 0 N–H and O–H groups in total. The zero-order chi connectivity index (χ0) is 13.5. The second kappa shape index (κ2) is 4.35. The first-order valence-corrected chi connectivity index (χ1v) is 6.21. The van der Waals surface area contributed by atoms with Gasteiger partial charge in [0.2, 0.25) is 0 Å². The SMILES string of the molecule is Cc1c(Cl)nc(C(C)(C)C)nc1-c1ccnn1C. The summed E-state index contributed by atoms with van der Waals surface area (Å²) >= 11 is 6.21. The molecular formula is C13H17ClN4. The number of aryl methyl sites for hydroxylation is 1. The molecule has 2 aromatic heterocycles. The van der Waals surface area contributed by atoms with E-state index in [1.807, 2.05) is 20.0 Å². The van der Waals surface area contributed by atoms with Crippen molar-refractivity contribution in [2.75, 3.05) is 0 Å². The third kappa shape index (κ3) is 2.25. The number of nitrogens with zero attached hydrogens (tertiary/aromatic N) is 4. The Hall–Kier alpha value is -1.42. The molecule has 4 nitrogen and oxygen atoms in total. The standard InChI is InChI=1S/C13H17ClN4/c1-8-10(9-6-7-15-18(9)5)16-12(13(2,3)4)17-11(8)14/h6-7H,1-5H3. The summed E-state index contributed by atoms with van der Waals surface area (Å²) in [6.45, 7) is 8.14. The topological polar surface area (TPSA) is 43.6 Å². The Balaban J connectivity index is 2.68. The maximum absolute atomic E-state index is 6.21. The number of hydrogen-bond acceptors (Lipinski definition) is 3. The van der Waals surface area contributed by atoms with E-state index < -0.39 is 0 Å². The molecule has 0 bridgehead atoms. The summed E-state index contributed by atoms with van der Waals surface area (Å²) in [7, 11) is 1.89. The van der Waals surface area contributed by atoms with Crippen LogP contribution in [0.2, 0.25) is 5.15 Å². The van der Waals surface area contributed by atoms with E-state index >= 15 is 0 Å². The van der Waals surface area contributed by atoms with Crippen LogP contribution in [0, 0.1) is 6.92 Å². The average molecular weight is 265 g/mol. The minimum Gasteiger partial charge on any atom is -0.266 e. The molecule has 0 saturated heterocycles. The third-order valence-electron chi connectivity index (χ3n) is 2.82. The van der Waals surface area contributed by atoms with Crippen LogP contribution in [0.3, 0.4) is 0 Å². The van der Waals surface area contributed by atoms with E-state index in [1.54, 1.807) is 10.9 Å². The second-order valence-electron chi connectivity index (χ2n) is 5.40. The molecular weight excluding hydrogens is 248 g/mol. The molecule has 18 heavy (non-hydrogen) atoms. The van der Waals surface area contributed by atoms with Crippen LogP contribution in [-0.4, -0.2) is 19.7 Å². The first kappa shape index (κ1) is 13.0. The molecule has 2 rings (SSSR count). The Labute approximate surface area is 112 Å². The normalized spacial score (nSPS) is 11.9. The van der Waals surface area contributed by atoms with Crippen LogP contribution >= 0.6 is 11.6 Å². The van der Waals surface area contributed by atoms with Gasteiger partial charge in [-0.2, -0.15) is 5.10 Å². The molecule has 0 radical (unpaired) electrons. The van der Waals surface area contributed by atoms with Gasteiger partial charge in [0.15, 0.2) is 0 Å². The summed E-state index contributed by atoms with van der Waals surface area (Å²) in [6, 6.07) is 1.93. The zero-order valence-electron chi connectivity index (χ0n) is 11.3. The number of aromatic nitrogens is 4. The fourth-order valence-corrected chi connectivity index (χ4v) is 1.85. The molecule has 0 spiro atoms.